The van der Waals surface area contributed by atoms with Gasteiger partial charge in [-0.25, -0.2) is 9.18 Å². The third-order valence-corrected chi connectivity index (χ3v) is 6.41. The molecule has 1 saturated heterocycles. The molecule has 7 nitrogen and oxygen atoms in total. The van der Waals surface area contributed by atoms with Crippen molar-refractivity contribution in [3.05, 3.63) is 58.5 Å². The highest BCUT2D eigenvalue weighted by molar-refractivity contribution is 5.83. The largest absolute Gasteiger partial charge is 0.490 e. The van der Waals surface area contributed by atoms with Gasteiger partial charge in [0.2, 0.25) is 5.91 Å². The number of halogens is 4. The number of carbonyl (C=O) groups is 2. The number of carboxylic acid groups (broad SMARTS) is 1. The second kappa shape index (κ2) is 11.2. The predicted octanol–water partition coefficient (Wildman–Crippen LogP) is 3.56. The first-order valence-corrected chi connectivity index (χ1v) is 11.7. The van der Waals surface area contributed by atoms with E-state index in [0.717, 1.165) is 23.2 Å². The SMILES string of the molecule is C[C@@H](c1ccc(-c2ccc(=O)n(CC3CC3)c2)cc1)[C@H](N)C(=O)N1CC[C@H](F)C1.O=C(O)C(F)(F)F. The normalized spacial score (nSPS) is 19.3. The molecule has 0 radical (unpaired) electrons. The van der Waals surface area contributed by atoms with Gasteiger partial charge in [-0.05, 0) is 47.9 Å². The van der Waals surface area contributed by atoms with Crippen molar-refractivity contribution in [1.82, 2.24) is 9.47 Å². The summed E-state index contributed by atoms with van der Waals surface area (Å²) in [4.78, 5) is 35.1. The van der Waals surface area contributed by atoms with Crippen LogP contribution in [0.5, 0.6) is 0 Å². The minimum Gasteiger partial charge on any atom is -0.475 e. The zero-order valence-corrected chi connectivity index (χ0v) is 19.7. The van der Waals surface area contributed by atoms with Crippen molar-refractivity contribution in [3.8, 4) is 11.1 Å². The molecule has 1 amide bonds. The van der Waals surface area contributed by atoms with E-state index in [1.54, 1.807) is 10.6 Å². The van der Waals surface area contributed by atoms with Gasteiger partial charge < -0.3 is 20.3 Å². The highest BCUT2D eigenvalue weighted by Crippen LogP contribution is 2.31. The molecule has 1 saturated carbocycles. The van der Waals surface area contributed by atoms with Crippen molar-refractivity contribution in [3.63, 3.8) is 0 Å². The molecular formula is C25H29F4N3O4. The van der Waals surface area contributed by atoms with Crippen molar-refractivity contribution < 1.29 is 32.3 Å². The van der Waals surface area contributed by atoms with E-state index < -0.39 is 24.4 Å². The van der Waals surface area contributed by atoms with Gasteiger partial charge in [-0.2, -0.15) is 13.2 Å². The number of hydrogen-bond acceptors (Lipinski definition) is 4. The van der Waals surface area contributed by atoms with Crippen molar-refractivity contribution in [2.75, 3.05) is 13.1 Å². The van der Waals surface area contributed by atoms with Crippen LogP contribution in [0.3, 0.4) is 0 Å². The molecule has 36 heavy (non-hydrogen) atoms. The fourth-order valence-corrected chi connectivity index (χ4v) is 3.95. The van der Waals surface area contributed by atoms with Crippen LogP contribution in [0.25, 0.3) is 11.1 Å². The first-order valence-electron chi connectivity index (χ1n) is 11.7. The van der Waals surface area contributed by atoms with E-state index in [4.69, 9.17) is 15.6 Å². The molecule has 1 aromatic carbocycles. The maximum absolute atomic E-state index is 13.4. The van der Waals surface area contributed by atoms with Gasteiger partial charge in [0.15, 0.2) is 0 Å². The third kappa shape index (κ3) is 7.16. The number of rotatable bonds is 6. The summed E-state index contributed by atoms with van der Waals surface area (Å²) in [6, 6.07) is 10.7. The molecule has 11 heteroatoms. The van der Waals surface area contributed by atoms with Gasteiger partial charge in [0, 0.05) is 31.3 Å². The number of carbonyl (C=O) groups excluding carboxylic acids is 1. The first-order chi connectivity index (χ1) is 16.9. The summed E-state index contributed by atoms with van der Waals surface area (Å²) in [5, 5.41) is 7.12. The molecule has 1 aromatic heterocycles. The minimum absolute atomic E-state index is 0.0350. The molecule has 2 fully saturated rings. The molecule has 1 aliphatic carbocycles. The van der Waals surface area contributed by atoms with E-state index in [1.165, 1.54) is 17.7 Å². The molecule has 1 aliphatic heterocycles. The van der Waals surface area contributed by atoms with Crippen molar-refractivity contribution >= 4 is 11.9 Å². The monoisotopic (exact) mass is 511 g/mol. The summed E-state index contributed by atoms with van der Waals surface area (Å²) in [5.74, 6) is -2.48. The number of nitrogens with zero attached hydrogens (tertiary/aromatic N) is 2. The highest BCUT2D eigenvalue weighted by atomic mass is 19.4. The van der Waals surface area contributed by atoms with Crippen molar-refractivity contribution in [1.29, 1.82) is 0 Å². The average Bonchev–Trinajstić information content (AvgIpc) is 3.55. The number of amides is 1. The van der Waals surface area contributed by atoms with Crippen molar-refractivity contribution in [2.45, 2.75) is 57.0 Å². The van der Waals surface area contributed by atoms with E-state index in [1.807, 2.05) is 43.5 Å². The van der Waals surface area contributed by atoms with Gasteiger partial charge in [-0.1, -0.05) is 31.2 Å². The minimum atomic E-state index is -5.08. The summed E-state index contributed by atoms with van der Waals surface area (Å²) in [5.41, 5.74) is 9.22. The molecule has 2 aromatic rings. The number of pyridine rings is 1. The molecule has 0 unspecified atom stereocenters. The average molecular weight is 512 g/mol. The third-order valence-electron chi connectivity index (χ3n) is 6.41. The summed E-state index contributed by atoms with van der Waals surface area (Å²) in [6.07, 6.45) is -1.31. The van der Waals surface area contributed by atoms with Gasteiger partial charge in [0.1, 0.15) is 6.17 Å². The summed E-state index contributed by atoms with van der Waals surface area (Å²) in [6.45, 7) is 3.30. The Kier molecular flexibility index (Phi) is 8.55. The molecule has 3 atom stereocenters. The van der Waals surface area contributed by atoms with Crippen LogP contribution in [-0.2, 0) is 16.1 Å². The van der Waals surface area contributed by atoms with Crippen LogP contribution in [0.4, 0.5) is 17.6 Å². The lowest BCUT2D eigenvalue weighted by Gasteiger charge is -2.25. The van der Waals surface area contributed by atoms with Crippen LogP contribution in [0.1, 0.15) is 37.7 Å². The number of carboxylic acids is 1. The molecular weight excluding hydrogens is 482 g/mol. The Bertz CT molecular complexity index is 1130. The number of hydrogen-bond donors (Lipinski definition) is 2. The van der Waals surface area contributed by atoms with Crippen LogP contribution in [0, 0.1) is 5.92 Å². The number of benzene rings is 1. The molecule has 3 N–H and O–H groups in total. The zero-order valence-electron chi connectivity index (χ0n) is 19.7. The molecule has 2 aliphatic rings. The van der Waals surface area contributed by atoms with Crippen molar-refractivity contribution in [2.24, 2.45) is 11.7 Å². The number of alkyl halides is 4. The molecule has 0 spiro atoms. The van der Waals surface area contributed by atoms with E-state index >= 15 is 0 Å². The molecule has 0 bridgehead atoms. The number of aromatic nitrogens is 1. The Morgan fingerprint density at radius 3 is 2.17 bits per heavy atom. The molecule has 2 heterocycles. The van der Waals surface area contributed by atoms with Crippen LogP contribution in [-0.4, -0.2) is 57.9 Å². The molecule has 196 valence electrons. The molecule has 4 rings (SSSR count). The van der Waals surface area contributed by atoms with E-state index in [9.17, 15) is 27.2 Å². The maximum atomic E-state index is 13.4. The second-order valence-corrected chi connectivity index (χ2v) is 9.26. The van der Waals surface area contributed by atoms with Gasteiger partial charge in [-0.3, -0.25) is 9.59 Å². The zero-order chi connectivity index (χ0) is 26.6. The summed E-state index contributed by atoms with van der Waals surface area (Å²) < 4.78 is 46.9. The standard InChI is InChI=1S/C23H28FN3O2.C2HF3O2/c1-15(22(25)23(29)26-11-10-20(24)14-26)17-4-6-18(7-5-17)19-8-9-21(28)27(13-19)12-16-2-3-16;3-2(4,5)1(6)7/h4-9,13,15-16,20,22H,2-3,10-12,14,25H2,1H3;(H,6,7)/t15-,20-,22-;/m0./s1. The Hall–Kier alpha value is -3.21. The fraction of sp³-hybridized carbons (Fsp3) is 0.480. The van der Waals surface area contributed by atoms with E-state index in [-0.39, 0.29) is 23.9 Å². The van der Waals surface area contributed by atoms with Gasteiger partial charge >= 0.3 is 12.1 Å². The Morgan fingerprint density at radius 1 is 1.08 bits per heavy atom. The van der Waals surface area contributed by atoms with Gasteiger partial charge in [0.25, 0.3) is 5.56 Å². The smallest absolute Gasteiger partial charge is 0.475 e. The maximum Gasteiger partial charge on any atom is 0.490 e. The first kappa shape index (κ1) is 27.4. The second-order valence-electron chi connectivity index (χ2n) is 9.26. The van der Waals surface area contributed by atoms with Gasteiger partial charge in [-0.15, -0.1) is 0 Å². The van der Waals surface area contributed by atoms with Crippen LogP contribution in [0.2, 0.25) is 0 Å². The quantitative estimate of drug-likeness (QED) is 0.577. The topological polar surface area (TPSA) is 106 Å². The lowest BCUT2D eigenvalue weighted by molar-refractivity contribution is -0.192. The fourth-order valence-electron chi connectivity index (χ4n) is 3.95. The summed E-state index contributed by atoms with van der Waals surface area (Å²) >= 11 is 0. The number of likely N-dealkylation sites (tertiary alicyclic amines) is 1. The Morgan fingerprint density at radius 2 is 1.67 bits per heavy atom. The van der Waals surface area contributed by atoms with Crippen LogP contribution < -0.4 is 11.3 Å². The lowest BCUT2D eigenvalue weighted by Crippen LogP contribution is -2.45. The van der Waals surface area contributed by atoms with Crippen LogP contribution in [0.15, 0.2) is 47.4 Å². The summed E-state index contributed by atoms with van der Waals surface area (Å²) in [7, 11) is 0. The number of aliphatic carboxylic acids is 1. The Labute approximate surface area is 205 Å². The van der Waals surface area contributed by atoms with E-state index in [0.29, 0.717) is 18.9 Å². The highest BCUT2D eigenvalue weighted by Gasteiger charge is 2.38. The van der Waals surface area contributed by atoms with Gasteiger partial charge in [0.05, 0.1) is 12.6 Å². The number of nitrogens with two attached hydrogens (primary N) is 1. The lowest BCUT2D eigenvalue weighted by atomic mass is 9.91. The van der Waals surface area contributed by atoms with Crippen LogP contribution >= 0.6 is 0 Å². The van der Waals surface area contributed by atoms with E-state index in [2.05, 4.69) is 0 Å². The Balaban J connectivity index is 0.000000454. The predicted molar refractivity (Wildman–Crippen MR) is 125 cm³/mol.